The van der Waals surface area contributed by atoms with Gasteiger partial charge in [-0.3, -0.25) is 4.79 Å². The molecule has 3 heterocycles. The van der Waals surface area contributed by atoms with Crippen molar-refractivity contribution < 1.29 is 4.79 Å². The summed E-state index contributed by atoms with van der Waals surface area (Å²) < 4.78 is 0. The van der Waals surface area contributed by atoms with Crippen LogP contribution in [0, 0.1) is 6.92 Å². The number of anilines is 2. The number of benzene rings is 1. The molecule has 6 nitrogen and oxygen atoms in total. The number of thiophene rings is 1. The van der Waals surface area contributed by atoms with E-state index in [9.17, 15) is 4.79 Å². The largest absolute Gasteiger partial charge is 0.369 e. The monoisotopic (exact) mass is 423 g/mol. The maximum absolute atomic E-state index is 12.2. The molecule has 0 radical (unpaired) electrons. The van der Waals surface area contributed by atoms with Gasteiger partial charge in [-0.25, -0.2) is 15.0 Å². The van der Waals surface area contributed by atoms with Crippen molar-refractivity contribution in [2.24, 2.45) is 0 Å². The molecule has 0 unspecified atom stereocenters. The third-order valence-electron chi connectivity index (χ3n) is 4.40. The van der Waals surface area contributed by atoms with E-state index >= 15 is 0 Å². The minimum absolute atomic E-state index is 0.150. The standard InChI is InChI=1S/C21H18ClN5OS/c1-13-17(14-6-3-2-4-7-14)18-20(25-12-26-21(18)29-13)24-11-9-16(28)27-15-8-5-10-23-19(15)22/h2-8,10,12H,9,11H2,1H3,(H,27,28)(H,24,25,26). The van der Waals surface area contributed by atoms with Crippen LogP contribution >= 0.6 is 22.9 Å². The van der Waals surface area contributed by atoms with Gasteiger partial charge in [0.25, 0.3) is 0 Å². The molecule has 0 atom stereocenters. The SMILES string of the molecule is Cc1sc2ncnc(NCCC(=O)Nc3cccnc3Cl)c2c1-c1ccccc1. The first-order chi connectivity index (χ1) is 14.1. The topological polar surface area (TPSA) is 79.8 Å². The number of hydrogen-bond acceptors (Lipinski definition) is 6. The second kappa shape index (κ2) is 8.55. The number of carbonyl (C=O) groups excluding carboxylic acids is 1. The molecule has 146 valence electrons. The van der Waals surface area contributed by atoms with E-state index in [1.54, 1.807) is 36.0 Å². The van der Waals surface area contributed by atoms with Crippen molar-refractivity contribution >= 4 is 50.6 Å². The first-order valence-electron chi connectivity index (χ1n) is 9.07. The molecule has 0 bridgehead atoms. The first-order valence-corrected chi connectivity index (χ1v) is 10.3. The number of fused-ring (bicyclic) bond motifs is 1. The fraction of sp³-hybridized carbons (Fsp3) is 0.143. The highest BCUT2D eigenvalue weighted by Crippen LogP contribution is 2.40. The molecule has 0 saturated heterocycles. The molecular formula is C21H18ClN5OS. The molecule has 0 spiro atoms. The molecule has 29 heavy (non-hydrogen) atoms. The van der Waals surface area contributed by atoms with E-state index in [1.807, 2.05) is 18.2 Å². The van der Waals surface area contributed by atoms with Gasteiger partial charge in [-0.1, -0.05) is 41.9 Å². The Morgan fingerprint density at radius 1 is 1.10 bits per heavy atom. The Hall–Kier alpha value is -3.03. The molecule has 0 fully saturated rings. The lowest BCUT2D eigenvalue weighted by molar-refractivity contribution is -0.115. The maximum Gasteiger partial charge on any atom is 0.226 e. The predicted octanol–water partition coefficient (Wildman–Crippen LogP) is 5.16. The van der Waals surface area contributed by atoms with Crippen molar-refractivity contribution in [3.8, 4) is 11.1 Å². The van der Waals surface area contributed by atoms with Crippen molar-refractivity contribution in [2.45, 2.75) is 13.3 Å². The Morgan fingerprint density at radius 3 is 2.72 bits per heavy atom. The number of hydrogen-bond donors (Lipinski definition) is 2. The van der Waals surface area contributed by atoms with Gasteiger partial charge in [0, 0.05) is 29.6 Å². The van der Waals surface area contributed by atoms with Gasteiger partial charge in [0.05, 0.1) is 11.1 Å². The Bertz CT molecular complexity index is 1160. The van der Waals surface area contributed by atoms with Crippen molar-refractivity contribution in [1.82, 2.24) is 15.0 Å². The number of rotatable bonds is 6. The van der Waals surface area contributed by atoms with Crippen molar-refractivity contribution in [3.05, 3.63) is 65.0 Å². The van der Waals surface area contributed by atoms with Crippen LogP contribution in [0.25, 0.3) is 21.3 Å². The Labute approximate surface area is 177 Å². The lowest BCUT2D eigenvalue weighted by atomic mass is 10.0. The number of amides is 1. The van der Waals surface area contributed by atoms with Gasteiger partial charge in [-0.05, 0) is 24.6 Å². The zero-order chi connectivity index (χ0) is 20.2. The molecule has 2 N–H and O–H groups in total. The smallest absolute Gasteiger partial charge is 0.226 e. The number of nitrogens with zero attached hydrogens (tertiary/aromatic N) is 3. The zero-order valence-electron chi connectivity index (χ0n) is 15.6. The number of pyridine rings is 1. The van der Waals surface area contributed by atoms with Crippen LogP contribution in [0.15, 0.2) is 55.0 Å². The molecule has 1 aromatic carbocycles. The van der Waals surface area contributed by atoms with Gasteiger partial charge in [0.1, 0.15) is 17.0 Å². The molecule has 0 aliphatic carbocycles. The van der Waals surface area contributed by atoms with Crippen LogP contribution < -0.4 is 10.6 Å². The minimum Gasteiger partial charge on any atom is -0.369 e. The minimum atomic E-state index is -0.150. The summed E-state index contributed by atoms with van der Waals surface area (Å²) in [4.78, 5) is 27.1. The quantitative estimate of drug-likeness (QED) is 0.419. The van der Waals surface area contributed by atoms with Crippen molar-refractivity contribution in [3.63, 3.8) is 0 Å². The highest BCUT2D eigenvalue weighted by molar-refractivity contribution is 7.19. The fourth-order valence-electron chi connectivity index (χ4n) is 3.12. The summed E-state index contributed by atoms with van der Waals surface area (Å²) in [5, 5.41) is 7.31. The zero-order valence-corrected chi connectivity index (χ0v) is 17.2. The molecule has 0 aliphatic heterocycles. The summed E-state index contributed by atoms with van der Waals surface area (Å²) in [6, 6.07) is 13.6. The van der Waals surface area contributed by atoms with Crippen LogP contribution in [0.4, 0.5) is 11.5 Å². The number of nitrogens with one attached hydrogen (secondary N) is 2. The van der Waals surface area contributed by atoms with E-state index in [2.05, 4.69) is 44.6 Å². The second-order valence-corrected chi connectivity index (χ2v) is 7.93. The summed E-state index contributed by atoms with van der Waals surface area (Å²) >= 11 is 7.62. The highest BCUT2D eigenvalue weighted by Gasteiger charge is 2.16. The van der Waals surface area contributed by atoms with E-state index in [0.717, 1.165) is 27.2 Å². The summed E-state index contributed by atoms with van der Waals surface area (Å²) in [7, 11) is 0. The van der Waals surface area contributed by atoms with Gasteiger partial charge in [0.2, 0.25) is 5.91 Å². The number of aromatic nitrogens is 3. The fourth-order valence-corrected chi connectivity index (χ4v) is 4.30. The molecular weight excluding hydrogens is 406 g/mol. The third kappa shape index (κ3) is 4.21. The molecule has 0 aliphatic rings. The Morgan fingerprint density at radius 2 is 1.93 bits per heavy atom. The first kappa shape index (κ1) is 19.3. The molecule has 0 saturated carbocycles. The van der Waals surface area contributed by atoms with Crippen LogP contribution in [-0.4, -0.2) is 27.4 Å². The molecule has 4 aromatic rings. The second-order valence-electron chi connectivity index (χ2n) is 6.37. The number of aryl methyl sites for hydroxylation is 1. The van der Waals surface area contributed by atoms with E-state index in [0.29, 0.717) is 12.2 Å². The van der Waals surface area contributed by atoms with Crippen LogP contribution in [0.2, 0.25) is 5.15 Å². The van der Waals surface area contributed by atoms with E-state index in [-0.39, 0.29) is 17.5 Å². The van der Waals surface area contributed by atoms with Crippen LogP contribution in [0.3, 0.4) is 0 Å². The molecule has 4 rings (SSSR count). The lowest BCUT2D eigenvalue weighted by Gasteiger charge is -2.10. The van der Waals surface area contributed by atoms with Crippen molar-refractivity contribution in [2.75, 3.05) is 17.2 Å². The predicted molar refractivity (Wildman–Crippen MR) is 119 cm³/mol. The molecule has 8 heteroatoms. The van der Waals surface area contributed by atoms with Crippen LogP contribution in [0.5, 0.6) is 0 Å². The lowest BCUT2D eigenvalue weighted by Crippen LogP contribution is -2.17. The average molecular weight is 424 g/mol. The normalized spacial score (nSPS) is 10.8. The maximum atomic E-state index is 12.2. The van der Waals surface area contributed by atoms with Gasteiger partial charge in [-0.15, -0.1) is 11.3 Å². The summed E-state index contributed by atoms with van der Waals surface area (Å²) in [6.45, 7) is 2.52. The summed E-state index contributed by atoms with van der Waals surface area (Å²) in [6.07, 6.45) is 3.39. The van der Waals surface area contributed by atoms with Gasteiger partial charge in [-0.2, -0.15) is 0 Å². The Kier molecular flexibility index (Phi) is 5.69. The Balaban J connectivity index is 1.51. The number of halogens is 1. The van der Waals surface area contributed by atoms with Crippen molar-refractivity contribution in [1.29, 1.82) is 0 Å². The number of carbonyl (C=O) groups is 1. The highest BCUT2D eigenvalue weighted by atomic mass is 35.5. The van der Waals surface area contributed by atoms with Gasteiger partial charge in [0.15, 0.2) is 5.15 Å². The molecule has 3 aromatic heterocycles. The van der Waals surface area contributed by atoms with Crippen LogP contribution in [-0.2, 0) is 4.79 Å². The summed E-state index contributed by atoms with van der Waals surface area (Å²) in [5.41, 5.74) is 2.75. The van der Waals surface area contributed by atoms with E-state index in [4.69, 9.17) is 11.6 Å². The average Bonchev–Trinajstić information content (AvgIpc) is 3.07. The van der Waals surface area contributed by atoms with Gasteiger partial charge < -0.3 is 10.6 Å². The molecule has 1 amide bonds. The summed E-state index contributed by atoms with van der Waals surface area (Å²) in [5.74, 6) is 0.577. The van der Waals surface area contributed by atoms with E-state index in [1.165, 1.54) is 4.88 Å². The van der Waals surface area contributed by atoms with Crippen LogP contribution in [0.1, 0.15) is 11.3 Å². The van der Waals surface area contributed by atoms with Gasteiger partial charge >= 0.3 is 0 Å². The van der Waals surface area contributed by atoms with E-state index < -0.39 is 0 Å². The third-order valence-corrected chi connectivity index (χ3v) is 5.72.